The maximum atomic E-state index is 12.9. The molecule has 156 valence electrons. The molecule has 1 aromatic carbocycles. The first kappa shape index (κ1) is 19.8. The van der Waals surface area contributed by atoms with Crippen molar-refractivity contribution in [3.63, 3.8) is 0 Å². The van der Waals surface area contributed by atoms with E-state index in [2.05, 4.69) is 32.8 Å². The third-order valence-corrected chi connectivity index (χ3v) is 6.48. The number of benzene rings is 1. The fourth-order valence-corrected chi connectivity index (χ4v) is 4.73. The van der Waals surface area contributed by atoms with Gasteiger partial charge in [-0.3, -0.25) is 19.4 Å². The molecule has 3 heterocycles. The number of ether oxygens (including phenoxy) is 1. The lowest BCUT2D eigenvalue weighted by atomic mass is 10.0. The Labute approximate surface area is 170 Å². The summed E-state index contributed by atoms with van der Waals surface area (Å²) in [6.07, 6.45) is 1.97. The molecule has 0 radical (unpaired) electrons. The molecule has 2 aliphatic rings. The van der Waals surface area contributed by atoms with Crippen molar-refractivity contribution in [3.8, 4) is 0 Å². The number of likely N-dealkylation sites (N-methyl/N-ethyl adjacent to an activating group) is 1. The Morgan fingerprint density at radius 2 is 2.10 bits per heavy atom. The predicted molar refractivity (Wildman–Crippen MR) is 109 cm³/mol. The van der Waals surface area contributed by atoms with Crippen LogP contribution in [0, 0.1) is 0 Å². The van der Waals surface area contributed by atoms with E-state index in [1.54, 1.807) is 0 Å². The van der Waals surface area contributed by atoms with Gasteiger partial charge in [-0.2, -0.15) is 0 Å². The van der Waals surface area contributed by atoms with E-state index in [-0.39, 0.29) is 30.0 Å². The average molecular weight is 399 g/mol. The third-order valence-electron chi connectivity index (χ3n) is 6.48. The van der Waals surface area contributed by atoms with E-state index in [0.29, 0.717) is 25.9 Å². The van der Waals surface area contributed by atoms with E-state index in [1.807, 2.05) is 25.2 Å². The van der Waals surface area contributed by atoms with Crippen LogP contribution in [-0.2, 0) is 27.9 Å². The Balaban J connectivity index is 1.51. The second-order valence-corrected chi connectivity index (χ2v) is 8.03. The van der Waals surface area contributed by atoms with Crippen LogP contribution >= 0.6 is 0 Å². The number of para-hydroxylation sites is 2. The van der Waals surface area contributed by atoms with Crippen molar-refractivity contribution >= 4 is 22.9 Å². The number of amides is 1. The minimum atomic E-state index is -0.208. The maximum Gasteiger partial charge on any atom is 0.305 e. The fourth-order valence-electron chi connectivity index (χ4n) is 4.73. The largest absolute Gasteiger partial charge is 0.469 e. The Hall–Kier alpha value is -2.45. The molecule has 2 fully saturated rings. The number of methoxy groups -OCH3 is 1. The van der Waals surface area contributed by atoms with E-state index >= 15 is 0 Å². The van der Waals surface area contributed by atoms with Crippen LogP contribution in [0.5, 0.6) is 0 Å². The minimum absolute atomic E-state index is 0.0682. The molecule has 2 aliphatic heterocycles. The van der Waals surface area contributed by atoms with Crippen LogP contribution in [0.4, 0.5) is 0 Å². The van der Waals surface area contributed by atoms with Gasteiger partial charge in [0.2, 0.25) is 5.91 Å². The minimum Gasteiger partial charge on any atom is -0.469 e. The molecule has 1 amide bonds. The van der Waals surface area contributed by atoms with Gasteiger partial charge in [0.15, 0.2) is 0 Å². The van der Waals surface area contributed by atoms with Gasteiger partial charge in [0, 0.05) is 38.6 Å². The summed E-state index contributed by atoms with van der Waals surface area (Å²) in [6.45, 7) is 2.04. The lowest BCUT2D eigenvalue weighted by Gasteiger charge is -2.32. The van der Waals surface area contributed by atoms with Gasteiger partial charge < -0.3 is 14.6 Å². The van der Waals surface area contributed by atoms with Crippen LogP contribution in [0.15, 0.2) is 24.3 Å². The normalized spacial score (nSPS) is 25.6. The van der Waals surface area contributed by atoms with Gasteiger partial charge in [-0.1, -0.05) is 12.1 Å². The van der Waals surface area contributed by atoms with E-state index in [4.69, 9.17) is 9.72 Å². The van der Waals surface area contributed by atoms with Crippen LogP contribution in [0.25, 0.3) is 11.0 Å². The molecule has 0 unspecified atom stereocenters. The number of aromatic nitrogens is 2. The second-order valence-electron chi connectivity index (χ2n) is 8.03. The molecule has 0 bridgehead atoms. The summed E-state index contributed by atoms with van der Waals surface area (Å²) < 4.78 is 6.88. The van der Waals surface area contributed by atoms with Crippen molar-refractivity contribution in [1.29, 1.82) is 0 Å². The molecule has 3 atom stereocenters. The highest BCUT2D eigenvalue weighted by molar-refractivity contribution is 5.83. The van der Waals surface area contributed by atoms with Crippen molar-refractivity contribution < 1.29 is 14.3 Å². The van der Waals surface area contributed by atoms with E-state index < -0.39 is 0 Å². The summed E-state index contributed by atoms with van der Waals surface area (Å²) in [4.78, 5) is 33.8. The number of hydrogen-bond donors (Lipinski definition) is 1. The van der Waals surface area contributed by atoms with Gasteiger partial charge in [-0.15, -0.1) is 0 Å². The van der Waals surface area contributed by atoms with Gasteiger partial charge in [-0.05, 0) is 32.0 Å². The van der Waals surface area contributed by atoms with Crippen molar-refractivity contribution in [2.45, 2.75) is 43.9 Å². The molecular weight excluding hydrogens is 370 g/mol. The molecule has 0 spiro atoms. The zero-order chi connectivity index (χ0) is 20.5. The summed E-state index contributed by atoms with van der Waals surface area (Å²) in [7, 11) is 5.51. The number of esters is 1. The molecule has 29 heavy (non-hydrogen) atoms. The Kier molecular flexibility index (Phi) is 5.56. The van der Waals surface area contributed by atoms with Crippen LogP contribution < -0.4 is 5.32 Å². The monoisotopic (exact) mass is 399 g/mol. The van der Waals surface area contributed by atoms with Crippen molar-refractivity contribution in [3.05, 3.63) is 30.1 Å². The van der Waals surface area contributed by atoms with Crippen molar-refractivity contribution in [1.82, 2.24) is 24.7 Å². The highest BCUT2D eigenvalue weighted by atomic mass is 16.5. The van der Waals surface area contributed by atoms with Crippen molar-refractivity contribution in [2.75, 3.05) is 27.2 Å². The molecule has 0 saturated carbocycles. The summed E-state index contributed by atoms with van der Waals surface area (Å²) >= 11 is 0. The first-order valence-corrected chi connectivity index (χ1v) is 10.2. The molecule has 8 nitrogen and oxygen atoms in total. The molecule has 8 heteroatoms. The number of aryl methyl sites for hydroxylation is 1. The smallest absolute Gasteiger partial charge is 0.305 e. The van der Waals surface area contributed by atoms with Crippen LogP contribution in [-0.4, -0.2) is 76.6 Å². The van der Waals surface area contributed by atoms with Crippen LogP contribution in [0.2, 0.25) is 0 Å². The molecular formula is C21H29N5O3. The lowest BCUT2D eigenvalue weighted by molar-refractivity contribution is -0.141. The quantitative estimate of drug-likeness (QED) is 0.753. The molecule has 1 aromatic heterocycles. The van der Waals surface area contributed by atoms with E-state index in [1.165, 1.54) is 7.11 Å². The highest BCUT2D eigenvalue weighted by Crippen LogP contribution is 2.29. The number of carbonyl (C=O) groups excluding carboxylic acids is 2. The standard InChI is InChI=1S/C21H29N5O3/c1-24-14(8-9-19(27)29-3)12-22-21(28)20-17(24)10-11-26(20)13-18-23-15-6-4-5-7-16(15)25(18)2/h4-7,14,17,20H,8-13H2,1-3H3,(H,22,28)/t14-,17+,20-/m0/s1. The summed E-state index contributed by atoms with van der Waals surface area (Å²) in [5.74, 6) is 0.827. The van der Waals surface area contributed by atoms with Crippen LogP contribution in [0.3, 0.4) is 0 Å². The number of likely N-dealkylation sites (tertiary alicyclic amines) is 1. The Morgan fingerprint density at radius 1 is 1.31 bits per heavy atom. The van der Waals surface area contributed by atoms with Gasteiger partial charge in [0.25, 0.3) is 0 Å². The highest BCUT2D eigenvalue weighted by Gasteiger charge is 2.45. The Morgan fingerprint density at radius 3 is 2.86 bits per heavy atom. The van der Waals surface area contributed by atoms with Gasteiger partial charge >= 0.3 is 5.97 Å². The fraction of sp³-hybridized carbons (Fsp3) is 0.571. The van der Waals surface area contributed by atoms with Crippen LogP contribution in [0.1, 0.15) is 25.1 Å². The van der Waals surface area contributed by atoms with E-state index in [9.17, 15) is 9.59 Å². The molecule has 4 rings (SSSR count). The summed E-state index contributed by atoms with van der Waals surface area (Å²) in [6, 6.07) is 8.15. The maximum absolute atomic E-state index is 12.9. The Bertz CT molecular complexity index is 911. The lowest BCUT2D eigenvalue weighted by Crippen LogP contribution is -2.49. The van der Waals surface area contributed by atoms with E-state index in [0.717, 1.165) is 29.8 Å². The zero-order valence-electron chi connectivity index (χ0n) is 17.3. The number of fused-ring (bicyclic) bond motifs is 2. The van der Waals surface area contributed by atoms with Gasteiger partial charge in [-0.25, -0.2) is 4.98 Å². The molecule has 2 saturated heterocycles. The second kappa shape index (κ2) is 8.12. The number of carbonyl (C=O) groups is 2. The zero-order valence-corrected chi connectivity index (χ0v) is 17.3. The number of nitrogens with zero attached hydrogens (tertiary/aromatic N) is 4. The number of imidazole rings is 1. The first-order chi connectivity index (χ1) is 14.0. The van der Waals surface area contributed by atoms with Crippen molar-refractivity contribution in [2.24, 2.45) is 7.05 Å². The number of hydrogen-bond acceptors (Lipinski definition) is 6. The number of nitrogens with one attached hydrogen (secondary N) is 1. The average Bonchev–Trinajstić information content (AvgIpc) is 3.25. The summed E-state index contributed by atoms with van der Waals surface area (Å²) in [5, 5.41) is 3.09. The third kappa shape index (κ3) is 3.74. The first-order valence-electron chi connectivity index (χ1n) is 10.2. The van der Waals surface area contributed by atoms with Gasteiger partial charge in [0.05, 0.1) is 24.7 Å². The summed E-state index contributed by atoms with van der Waals surface area (Å²) in [5.41, 5.74) is 2.08. The SMILES string of the molecule is COC(=O)CC[C@H]1CNC(=O)[C@@H]2[C@@H](CCN2Cc2nc3ccccc3n2C)N1C. The molecule has 2 aromatic rings. The molecule has 1 N–H and O–H groups in total. The van der Waals surface area contributed by atoms with Gasteiger partial charge in [0.1, 0.15) is 11.9 Å². The number of rotatable bonds is 5. The molecule has 0 aliphatic carbocycles. The predicted octanol–water partition coefficient (Wildman–Crippen LogP) is 0.900. The topological polar surface area (TPSA) is 79.7 Å².